The molecule has 1 aliphatic heterocycles. The number of hydrogen-bond acceptors (Lipinski definition) is 4. The molecule has 24 heavy (non-hydrogen) atoms. The number of benzene rings is 2. The van der Waals surface area contributed by atoms with Crippen LogP contribution in [0.5, 0.6) is 5.75 Å². The third-order valence-electron chi connectivity index (χ3n) is 3.76. The van der Waals surface area contributed by atoms with Crippen LogP contribution in [0.3, 0.4) is 0 Å². The quantitative estimate of drug-likeness (QED) is 0.693. The lowest BCUT2D eigenvalue weighted by atomic mass is 9.93. The Balaban J connectivity index is 2.18. The van der Waals surface area contributed by atoms with Crippen molar-refractivity contribution in [3.8, 4) is 5.75 Å². The summed E-state index contributed by atoms with van der Waals surface area (Å²) < 4.78 is 10.8. The highest BCUT2D eigenvalue weighted by atomic mass is 16.5. The Kier molecular flexibility index (Phi) is 4.33. The average Bonchev–Trinajstić information content (AvgIpc) is 2.72. The molecule has 0 radical (unpaired) electrons. The standard InChI is InChI=1S/C19H16O5/c1-2-23-18(20)10-16-14-6-4-3-5-13(14)11-24-17-9-12(19(21)22)7-8-15(16)17/h3-10H,2,11H2,1H3,(H,21,22). The van der Waals surface area contributed by atoms with Gasteiger partial charge in [-0.1, -0.05) is 24.3 Å². The van der Waals surface area contributed by atoms with Crippen LogP contribution in [0.2, 0.25) is 0 Å². The molecule has 3 rings (SSSR count). The normalized spacial score (nSPS) is 14.1. The summed E-state index contributed by atoms with van der Waals surface area (Å²) in [6.45, 7) is 2.33. The Bertz CT molecular complexity index is 835. The van der Waals surface area contributed by atoms with Crippen LogP contribution in [-0.2, 0) is 16.1 Å². The average molecular weight is 324 g/mol. The molecule has 0 bridgehead atoms. The fourth-order valence-corrected chi connectivity index (χ4v) is 2.66. The van der Waals surface area contributed by atoms with Crippen LogP contribution >= 0.6 is 0 Å². The van der Waals surface area contributed by atoms with Gasteiger partial charge in [0, 0.05) is 17.2 Å². The number of carbonyl (C=O) groups is 2. The highest BCUT2D eigenvalue weighted by molar-refractivity contribution is 5.99. The molecule has 1 heterocycles. The lowest BCUT2D eigenvalue weighted by Gasteiger charge is -2.11. The summed E-state index contributed by atoms with van der Waals surface area (Å²) in [5, 5.41) is 9.17. The third kappa shape index (κ3) is 3.01. The zero-order chi connectivity index (χ0) is 17.1. The van der Waals surface area contributed by atoms with Gasteiger partial charge in [-0.3, -0.25) is 0 Å². The highest BCUT2D eigenvalue weighted by Gasteiger charge is 2.21. The number of hydrogen-bond donors (Lipinski definition) is 1. The summed E-state index contributed by atoms with van der Waals surface area (Å²) in [6, 6.07) is 12.2. The minimum absolute atomic E-state index is 0.134. The van der Waals surface area contributed by atoms with Crippen molar-refractivity contribution in [3.63, 3.8) is 0 Å². The number of carbonyl (C=O) groups excluding carboxylic acids is 1. The van der Waals surface area contributed by atoms with E-state index in [0.29, 0.717) is 23.5 Å². The number of aromatic carboxylic acids is 1. The molecule has 0 unspecified atom stereocenters. The Morgan fingerprint density at radius 2 is 2.00 bits per heavy atom. The molecule has 122 valence electrons. The molecule has 0 aliphatic carbocycles. The summed E-state index contributed by atoms with van der Waals surface area (Å²) in [6.07, 6.45) is 1.43. The second-order valence-electron chi connectivity index (χ2n) is 5.27. The summed E-state index contributed by atoms with van der Waals surface area (Å²) in [5.74, 6) is -1.04. The van der Waals surface area contributed by atoms with E-state index in [-0.39, 0.29) is 12.2 Å². The first-order valence-corrected chi connectivity index (χ1v) is 7.57. The SMILES string of the molecule is CCOC(=O)C=C1c2ccccc2COc2cc(C(=O)O)ccc21. The molecule has 0 saturated carbocycles. The van der Waals surface area contributed by atoms with Crippen LogP contribution < -0.4 is 4.74 Å². The molecule has 1 aliphatic rings. The van der Waals surface area contributed by atoms with Crippen molar-refractivity contribution in [2.45, 2.75) is 13.5 Å². The lowest BCUT2D eigenvalue weighted by molar-refractivity contribution is -0.137. The van der Waals surface area contributed by atoms with E-state index in [9.17, 15) is 9.59 Å². The number of carboxylic acids is 1. The molecule has 0 spiro atoms. The zero-order valence-electron chi connectivity index (χ0n) is 13.1. The Morgan fingerprint density at radius 1 is 1.21 bits per heavy atom. The predicted octanol–water partition coefficient (Wildman–Crippen LogP) is 3.27. The molecule has 0 aromatic heterocycles. The van der Waals surface area contributed by atoms with Gasteiger partial charge >= 0.3 is 11.9 Å². The fourth-order valence-electron chi connectivity index (χ4n) is 2.66. The maximum absolute atomic E-state index is 12.0. The van der Waals surface area contributed by atoms with Gasteiger partial charge < -0.3 is 14.6 Å². The number of rotatable bonds is 3. The monoisotopic (exact) mass is 324 g/mol. The van der Waals surface area contributed by atoms with E-state index in [1.54, 1.807) is 13.0 Å². The smallest absolute Gasteiger partial charge is 0.335 e. The molecule has 5 nitrogen and oxygen atoms in total. The van der Waals surface area contributed by atoms with E-state index in [2.05, 4.69) is 0 Å². The third-order valence-corrected chi connectivity index (χ3v) is 3.76. The first-order valence-electron chi connectivity index (χ1n) is 7.57. The largest absolute Gasteiger partial charge is 0.488 e. The van der Waals surface area contributed by atoms with Gasteiger partial charge in [-0.05, 0) is 36.2 Å². The van der Waals surface area contributed by atoms with Crippen LogP contribution in [-0.4, -0.2) is 23.7 Å². The van der Waals surface area contributed by atoms with Crippen molar-refractivity contribution in [3.05, 3.63) is 70.8 Å². The first-order chi connectivity index (χ1) is 11.6. The van der Waals surface area contributed by atoms with Gasteiger partial charge in [0.15, 0.2) is 0 Å². The molecule has 0 saturated heterocycles. The van der Waals surface area contributed by atoms with Crippen molar-refractivity contribution < 1.29 is 24.2 Å². The Labute approximate surface area is 139 Å². The Morgan fingerprint density at radius 3 is 2.75 bits per heavy atom. The van der Waals surface area contributed by atoms with Gasteiger partial charge in [0.25, 0.3) is 0 Å². The zero-order valence-corrected chi connectivity index (χ0v) is 13.1. The van der Waals surface area contributed by atoms with Crippen molar-refractivity contribution in [1.82, 2.24) is 0 Å². The van der Waals surface area contributed by atoms with Gasteiger partial charge in [0.1, 0.15) is 12.4 Å². The van der Waals surface area contributed by atoms with Crippen molar-refractivity contribution >= 4 is 17.5 Å². The highest BCUT2D eigenvalue weighted by Crippen LogP contribution is 2.37. The van der Waals surface area contributed by atoms with E-state index in [4.69, 9.17) is 14.6 Å². The summed E-state index contributed by atoms with van der Waals surface area (Å²) in [5.41, 5.74) is 3.25. The maximum atomic E-state index is 12.0. The number of fused-ring (bicyclic) bond motifs is 2. The van der Waals surface area contributed by atoms with Crippen molar-refractivity contribution in [2.75, 3.05) is 6.61 Å². The fraction of sp³-hybridized carbons (Fsp3) is 0.158. The van der Waals surface area contributed by atoms with Crippen LogP contribution in [0.4, 0.5) is 0 Å². The van der Waals surface area contributed by atoms with Crippen molar-refractivity contribution in [1.29, 1.82) is 0 Å². The number of carboxylic acid groups (broad SMARTS) is 1. The minimum Gasteiger partial charge on any atom is -0.488 e. The van der Waals surface area contributed by atoms with Gasteiger partial charge in [-0.25, -0.2) is 9.59 Å². The lowest BCUT2D eigenvalue weighted by Crippen LogP contribution is -2.03. The molecular weight excluding hydrogens is 308 g/mol. The molecule has 2 aromatic carbocycles. The van der Waals surface area contributed by atoms with Crippen molar-refractivity contribution in [2.24, 2.45) is 0 Å². The molecule has 1 N–H and O–H groups in total. The van der Waals surface area contributed by atoms with E-state index in [0.717, 1.165) is 11.1 Å². The molecule has 0 fully saturated rings. The molecule has 0 atom stereocenters. The van der Waals surface area contributed by atoms with Gasteiger partial charge in [0.2, 0.25) is 0 Å². The second-order valence-corrected chi connectivity index (χ2v) is 5.27. The molecule has 2 aromatic rings. The molecular formula is C19H16O5. The van der Waals surface area contributed by atoms with Crippen LogP contribution in [0, 0.1) is 0 Å². The van der Waals surface area contributed by atoms with Crippen LogP contribution in [0.15, 0.2) is 48.5 Å². The number of esters is 1. The van der Waals surface area contributed by atoms with Gasteiger partial charge in [-0.15, -0.1) is 0 Å². The van der Waals surface area contributed by atoms with E-state index >= 15 is 0 Å². The molecule has 0 amide bonds. The maximum Gasteiger partial charge on any atom is 0.335 e. The summed E-state index contributed by atoms with van der Waals surface area (Å²) in [7, 11) is 0. The minimum atomic E-state index is -1.03. The topological polar surface area (TPSA) is 72.8 Å². The van der Waals surface area contributed by atoms with Gasteiger partial charge in [0.05, 0.1) is 12.2 Å². The van der Waals surface area contributed by atoms with Crippen LogP contribution in [0.1, 0.15) is 34.0 Å². The predicted molar refractivity (Wildman–Crippen MR) is 87.9 cm³/mol. The first kappa shape index (κ1) is 15.8. The van der Waals surface area contributed by atoms with E-state index in [1.807, 2.05) is 24.3 Å². The second kappa shape index (κ2) is 6.58. The summed E-state index contributed by atoms with van der Waals surface area (Å²) >= 11 is 0. The van der Waals surface area contributed by atoms with Gasteiger partial charge in [-0.2, -0.15) is 0 Å². The van der Waals surface area contributed by atoms with E-state index < -0.39 is 11.9 Å². The van der Waals surface area contributed by atoms with E-state index in [1.165, 1.54) is 18.2 Å². The Hall–Kier alpha value is -3.08. The summed E-state index contributed by atoms with van der Waals surface area (Å²) in [4.78, 5) is 23.2. The molecule has 5 heteroatoms. The number of ether oxygens (including phenoxy) is 2. The van der Waals surface area contributed by atoms with Crippen LogP contribution in [0.25, 0.3) is 5.57 Å².